The lowest BCUT2D eigenvalue weighted by Gasteiger charge is -2.25. The van der Waals surface area contributed by atoms with E-state index in [0.29, 0.717) is 5.69 Å². The predicted octanol–water partition coefficient (Wildman–Crippen LogP) is 1.92. The highest BCUT2D eigenvalue weighted by Gasteiger charge is 2.30. The zero-order valence-corrected chi connectivity index (χ0v) is 17.3. The fourth-order valence-electron chi connectivity index (χ4n) is 2.68. The largest absolute Gasteiger partial charge is 0.495 e. The van der Waals surface area contributed by atoms with Gasteiger partial charge in [-0.3, -0.25) is 9.10 Å². The van der Waals surface area contributed by atoms with E-state index >= 15 is 0 Å². The summed E-state index contributed by atoms with van der Waals surface area (Å²) in [5.74, 6) is -0.308. The van der Waals surface area contributed by atoms with Crippen molar-refractivity contribution in [3.8, 4) is 5.75 Å². The van der Waals surface area contributed by atoms with Crippen LogP contribution in [0.3, 0.4) is 0 Å². The molecule has 0 spiro atoms. The van der Waals surface area contributed by atoms with E-state index in [1.165, 1.54) is 13.2 Å². The first-order valence-electron chi connectivity index (χ1n) is 8.83. The zero-order chi connectivity index (χ0) is 20.9. The second kappa shape index (κ2) is 9.07. The lowest BCUT2D eigenvalue weighted by molar-refractivity contribution is -0.119. The number of aliphatic hydroxyl groups excluding tert-OH is 1. The Morgan fingerprint density at radius 2 is 1.82 bits per heavy atom. The van der Waals surface area contributed by atoms with Crippen LogP contribution in [-0.2, 0) is 14.8 Å². The van der Waals surface area contributed by atoms with E-state index < -0.39 is 22.5 Å². The van der Waals surface area contributed by atoms with Crippen LogP contribution in [0.1, 0.15) is 16.7 Å². The second-order valence-electron chi connectivity index (χ2n) is 6.51. The predicted molar refractivity (Wildman–Crippen MR) is 108 cm³/mol. The van der Waals surface area contributed by atoms with E-state index in [1.807, 2.05) is 19.9 Å². The minimum absolute atomic E-state index is 0.0109. The number of rotatable bonds is 8. The van der Waals surface area contributed by atoms with Crippen molar-refractivity contribution in [2.45, 2.75) is 25.7 Å². The van der Waals surface area contributed by atoms with Crippen molar-refractivity contribution in [1.82, 2.24) is 5.32 Å². The Labute approximate surface area is 166 Å². The van der Waals surface area contributed by atoms with Crippen molar-refractivity contribution in [3.05, 3.63) is 53.1 Å². The molecular weight excluding hydrogens is 380 g/mol. The van der Waals surface area contributed by atoms with Crippen LogP contribution in [-0.4, -0.2) is 46.2 Å². The fraction of sp³-hybridized carbons (Fsp3) is 0.350. The van der Waals surface area contributed by atoms with E-state index in [2.05, 4.69) is 5.32 Å². The molecule has 0 aliphatic carbocycles. The van der Waals surface area contributed by atoms with E-state index in [1.54, 1.807) is 31.2 Å². The van der Waals surface area contributed by atoms with Gasteiger partial charge in [-0.25, -0.2) is 8.42 Å². The van der Waals surface area contributed by atoms with Gasteiger partial charge in [0.1, 0.15) is 17.2 Å². The van der Waals surface area contributed by atoms with Crippen LogP contribution < -0.4 is 14.4 Å². The number of hydrogen-bond donors (Lipinski definition) is 2. The molecule has 0 saturated carbocycles. The monoisotopic (exact) mass is 406 g/mol. The molecule has 2 aromatic rings. The molecule has 0 fully saturated rings. The van der Waals surface area contributed by atoms with E-state index in [-0.39, 0.29) is 23.8 Å². The van der Waals surface area contributed by atoms with Gasteiger partial charge in [-0.2, -0.15) is 0 Å². The molecule has 0 aromatic heterocycles. The lowest BCUT2D eigenvalue weighted by Crippen LogP contribution is -2.41. The molecule has 2 aromatic carbocycles. The molecule has 0 radical (unpaired) electrons. The molecule has 2 rings (SSSR count). The summed E-state index contributed by atoms with van der Waals surface area (Å²) in [5.41, 5.74) is 3.05. The molecule has 0 heterocycles. The molecule has 0 unspecified atom stereocenters. The van der Waals surface area contributed by atoms with Crippen LogP contribution in [0.4, 0.5) is 5.69 Å². The number of sulfonamides is 1. The van der Waals surface area contributed by atoms with Crippen molar-refractivity contribution in [2.24, 2.45) is 0 Å². The molecule has 152 valence electrons. The summed E-state index contributed by atoms with van der Waals surface area (Å²) < 4.78 is 33.3. The molecule has 0 atom stereocenters. The first kappa shape index (κ1) is 21.7. The van der Waals surface area contributed by atoms with Gasteiger partial charge >= 0.3 is 0 Å². The number of aryl methyl sites for hydroxylation is 3. The minimum atomic E-state index is -4.08. The summed E-state index contributed by atoms with van der Waals surface area (Å²) in [4.78, 5) is 12.3. The number of anilines is 1. The molecule has 7 nitrogen and oxygen atoms in total. The molecule has 28 heavy (non-hydrogen) atoms. The number of methoxy groups -OCH3 is 1. The van der Waals surface area contributed by atoms with Gasteiger partial charge in [0.25, 0.3) is 10.0 Å². The van der Waals surface area contributed by atoms with Gasteiger partial charge in [0.2, 0.25) is 5.91 Å². The molecule has 2 N–H and O–H groups in total. The average molecular weight is 407 g/mol. The van der Waals surface area contributed by atoms with Crippen LogP contribution >= 0.6 is 0 Å². The van der Waals surface area contributed by atoms with Gasteiger partial charge in [-0.05, 0) is 61.7 Å². The van der Waals surface area contributed by atoms with Crippen LogP contribution in [0, 0.1) is 20.8 Å². The third-order valence-corrected chi connectivity index (χ3v) is 6.18. The molecule has 0 aliphatic heterocycles. The number of carbonyl (C=O) groups is 1. The third-order valence-electron chi connectivity index (χ3n) is 4.39. The van der Waals surface area contributed by atoms with E-state index in [9.17, 15) is 13.2 Å². The average Bonchev–Trinajstić information content (AvgIpc) is 2.66. The Kier molecular flexibility index (Phi) is 7.04. The molecular formula is C20H26N2O5S. The number of amides is 1. The fourth-order valence-corrected chi connectivity index (χ4v) is 4.34. The second-order valence-corrected chi connectivity index (χ2v) is 8.34. The van der Waals surface area contributed by atoms with Gasteiger partial charge in [-0.1, -0.05) is 12.1 Å². The summed E-state index contributed by atoms with van der Waals surface area (Å²) in [6.07, 6.45) is 0. The summed E-state index contributed by atoms with van der Waals surface area (Å²) in [6.45, 7) is 4.99. The van der Waals surface area contributed by atoms with Gasteiger partial charge in [0, 0.05) is 6.54 Å². The quantitative estimate of drug-likeness (QED) is 0.698. The summed E-state index contributed by atoms with van der Waals surface area (Å²) in [7, 11) is -2.68. The molecule has 0 aliphatic rings. The lowest BCUT2D eigenvalue weighted by atomic mass is 10.1. The Morgan fingerprint density at radius 1 is 1.11 bits per heavy atom. The van der Waals surface area contributed by atoms with Crippen LogP contribution in [0.25, 0.3) is 0 Å². The molecule has 0 saturated heterocycles. The Morgan fingerprint density at radius 3 is 2.43 bits per heavy atom. The summed E-state index contributed by atoms with van der Waals surface area (Å²) >= 11 is 0. The van der Waals surface area contributed by atoms with Gasteiger partial charge in [-0.15, -0.1) is 0 Å². The van der Waals surface area contributed by atoms with E-state index in [4.69, 9.17) is 9.84 Å². The maximum absolute atomic E-state index is 13.5. The molecule has 0 bridgehead atoms. The number of carbonyl (C=O) groups excluding carboxylic acids is 1. The number of nitrogens with one attached hydrogen (secondary N) is 1. The SMILES string of the molecule is COc1ccc(C)cc1S(=O)(=O)N(CC(=O)NCCO)c1ccc(C)c(C)c1. The number of hydrogen-bond acceptors (Lipinski definition) is 5. The number of ether oxygens (including phenoxy) is 1. The van der Waals surface area contributed by atoms with Crippen molar-refractivity contribution >= 4 is 21.6 Å². The Bertz CT molecular complexity index is 957. The Hall–Kier alpha value is -2.58. The minimum Gasteiger partial charge on any atom is -0.495 e. The van der Waals surface area contributed by atoms with Crippen molar-refractivity contribution in [2.75, 3.05) is 31.1 Å². The van der Waals surface area contributed by atoms with Crippen LogP contribution in [0.2, 0.25) is 0 Å². The van der Waals surface area contributed by atoms with Crippen LogP contribution in [0.5, 0.6) is 5.75 Å². The van der Waals surface area contributed by atoms with Crippen LogP contribution in [0.15, 0.2) is 41.3 Å². The summed E-state index contributed by atoms with van der Waals surface area (Å²) in [6, 6.07) is 10.1. The standard InChI is InChI=1S/C20H26N2O5S/c1-14-5-8-18(27-4)19(11-14)28(25,26)22(13-20(24)21-9-10-23)17-7-6-15(2)16(3)12-17/h5-8,11-12,23H,9-10,13H2,1-4H3,(H,21,24). The van der Waals surface area contributed by atoms with Gasteiger partial charge in [0.05, 0.1) is 19.4 Å². The maximum Gasteiger partial charge on any atom is 0.268 e. The van der Waals surface area contributed by atoms with E-state index in [0.717, 1.165) is 21.0 Å². The highest BCUT2D eigenvalue weighted by atomic mass is 32.2. The number of benzene rings is 2. The first-order chi connectivity index (χ1) is 13.2. The molecule has 1 amide bonds. The topological polar surface area (TPSA) is 95.9 Å². The smallest absolute Gasteiger partial charge is 0.268 e. The zero-order valence-electron chi connectivity index (χ0n) is 16.5. The normalized spacial score (nSPS) is 11.2. The Balaban J connectivity index is 2.58. The third kappa shape index (κ3) is 4.82. The number of aliphatic hydroxyl groups is 1. The summed E-state index contributed by atoms with van der Waals surface area (Å²) in [5, 5.41) is 11.4. The number of nitrogens with zero attached hydrogens (tertiary/aromatic N) is 1. The molecule has 8 heteroatoms. The van der Waals surface area contributed by atoms with Crippen molar-refractivity contribution < 1.29 is 23.1 Å². The first-order valence-corrected chi connectivity index (χ1v) is 10.3. The van der Waals surface area contributed by atoms with Gasteiger partial charge in [0.15, 0.2) is 0 Å². The maximum atomic E-state index is 13.5. The van der Waals surface area contributed by atoms with Crippen molar-refractivity contribution in [1.29, 1.82) is 0 Å². The van der Waals surface area contributed by atoms with Crippen molar-refractivity contribution in [3.63, 3.8) is 0 Å². The van der Waals surface area contributed by atoms with Gasteiger partial charge < -0.3 is 15.2 Å². The highest BCUT2D eigenvalue weighted by Crippen LogP contribution is 2.31. The highest BCUT2D eigenvalue weighted by molar-refractivity contribution is 7.93.